The fraction of sp³-hybridized carbons (Fsp3) is 0.316. The van der Waals surface area contributed by atoms with Crippen LogP contribution in [0.3, 0.4) is 0 Å². The van der Waals surface area contributed by atoms with E-state index in [2.05, 4.69) is 35.6 Å². The van der Waals surface area contributed by atoms with Crippen LogP contribution >= 0.6 is 0 Å². The Labute approximate surface area is 132 Å². The second-order valence-electron chi connectivity index (χ2n) is 5.23. The third-order valence-corrected chi connectivity index (χ3v) is 3.66. The number of hydrogen-bond acceptors (Lipinski definition) is 2. The highest BCUT2D eigenvalue weighted by atomic mass is 16.5. The smallest absolute Gasteiger partial charge is 0.223 e. The van der Waals surface area contributed by atoms with E-state index in [-0.39, 0.29) is 5.91 Å². The Morgan fingerprint density at radius 1 is 1.27 bits per heavy atom. The molecule has 0 heterocycles. The van der Waals surface area contributed by atoms with E-state index in [4.69, 9.17) is 4.74 Å². The van der Waals surface area contributed by atoms with E-state index in [0.717, 1.165) is 18.6 Å². The number of amides is 1. The molecule has 1 amide bonds. The van der Waals surface area contributed by atoms with Gasteiger partial charge in [0.15, 0.2) is 0 Å². The highest BCUT2D eigenvalue weighted by Crippen LogP contribution is 2.24. The first-order valence-corrected chi connectivity index (χ1v) is 7.68. The summed E-state index contributed by atoms with van der Waals surface area (Å²) in [7, 11) is 1.68. The summed E-state index contributed by atoms with van der Waals surface area (Å²) in [6.45, 7) is 2.62. The van der Waals surface area contributed by atoms with Crippen molar-refractivity contribution in [2.45, 2.75) is 26.2 Å². The quantitative estimate of drug-likeness (QED) is 0.622. The van der Waals surface area contributed by atoms with Crippen LogP contribution in [0, 0.1) is 0 Å². The summed E-state index contributed by atoms with van der Waals surface area (Å²) in [6.07, 6.45) is 6.09. The maximum Gasteiger partial charge on any atom is 0.223 e. The first-order chi connectivity index (χ1) is 10.7. The lowest BCUT2D eigenvalue weighted by Gasteiger charge is -2.09. The summed E-state index contributed by atoms with van der Waals surface area (Å²) < 4.78 is 5.31. The van der Waals surface area contributed by atoms with Crippen LogP contribution in [0.4, 0.5) is 0 Å². The minimum Gasteiger partial charge on any atom is -0.497 e. The van der Waals surface area contributed by atoms with Crippen molar-refractivity contribution in [2.24, 2.45) is 0 Å². The molecule has 2 rings (SSSR count). The van der Waals surface area contributed by atoms with E-state index in [0.29, 0.717) is 13.0 Å². The molecule has 2 aromatic rings. The largest absolute Gasteiger partial charge is 0.497 e. The van der Waals surface area contributed by atoms with Crippen molar-refractivity contribution in [3.63, 3.8) is 0 Å². The Morgan fingerprint density at radius 3 is 2.91 bits per heavy atom. The topological polar surface area (TPSA) is 38.3 Å². The molecule has 1 N–H and O–H groups in total. The fourth-order valence-corrected chi connectivity index (χ4v) is 2.47. The third-order valence-electron chi connectivity index (χ3n) is 3.66. The van der Waals surface area contributed by atoms with Crippen LogP contribution in [0.25, 0.3) is 10.8 Å². The Balaban J connectivity index is 1.95. The van der Waals surface area contributed by atoms with Gasteiger partial charge in [-0.05, 0) is 48.2 Å². The fourth-order valence-electron chi connectivity index (χ4n) is 2.47. The number of benzene rings is 2. The summed E-state index contributed by atoms with van der Waals surface area (Å²) >= 11 is 0. The first-order valence-electron chi connectivity index (χ1n) is 7.68. The van der Waals surface area contributed by atoms with Gasteiger partial charge in [-0.15, -0.1) is 0 Å². The molecule has 0 saturated heterocycles. The average Bonchev–Trinajstić information content (AvgIpc) is 2.56. The van der Waals surface area contributed by atoms with Crippen LogP contribution in [0.1, 0.15) is 25.3 Å². The number of ether oxygens (including phenoxy) is 1. The summed E-state index contributed by atoms with van der Waals surface area (Å²) in [5.41, 5.74) is 1.29. The molecule has 0 unspecified atom stereocenters. The second-order valence-corrected chi connectivity index (χ2v) is 5.23. The summed E-state index contributed by atoms with van der Waals surface area (Å²) in [5, 5.41) is 5.39. The zero-order valence-corrected chi connectivity index (χ0v) is 13.3. The number of fused-ring (bicyclic) bond motifs is 1. The minimum absolute atomic E-state index is 0.0812. The van der Waals surface area contributed by atoms with Gasteiger partial charge in [0.25, 0.3) is 0 Å². The Morgan fingerprint density at radius 2 is 2.14 bits per heavy atom. The van der Waals surface area contributed by atoms with Gasteiger partial charge in [0, 0.05) is 13.0 Å². The molecule has 0 aromatic heterocycles. The van der Waals surface area contributed by atoms with Gasteiger partial charge in [-0.3, -0.25) is 4.79 Å². The van der Waals surface area contributed by atoms with E-state index in [1.165, 1.54) is 16.3 Å². The summed E-state index contributed by atoms with van der Waals surface area (Å²) in [5.74, 6) is 0.956. The molecule has 3 nitrogen and oxygen atoms in total. The first kappa shape index (κ1) is 16.1. The van der Waals surface area contributed by atoms with Gasteiger partial charge in [-0.2, -0.15) is 0 Å². The zero-order valence-electron chi connectivity index (χ0n) is 13.3. The van der Waals surface area contributed by atoms with Gasteiger partial charge in [-0.1, -0.05) is 36.4 Å². The molecule has 0 aliphatic heterocycles. The van der Waals surface area contributed by atoms with Crippen LogP contribution in [0.5, 0.6) is 5.75 Å². The van der Waals surface area contributed by atoms with E-state index < -0.39 is 0 Å². The second kappa shape index (κ2) is 8.23. The van der Waals surface area contributed by atoms with E-state index in [9.17, 15) is 4.79 Å². The van der Waals surface area contributed by atoms with E-state index >= 15 is 0 Å². The van der Waals surface area contributed by atoms with Crippen LogP contribution in [0.15, 0.2) is 48.6 Å². The van der Waals surface area contributed by atoms with E-state index in [1.807, 2.05) is 25.1 Å². The van der Waals surface area contributed by atoms with Crippen molar-refractivity contribution in [1.82, 2.24) is 5.32 Å². The van der Waals surface area contributed by atoms with Crippen LogP contribution in [-0.4, -0.2) is 19.6 Å². The number of rotatable bonds is 7. The molecule has 0 aliphatic carbocycles. The number of aryl methyl sites for hydroxylation is 1. The molecule has 2 aromatic carbocycles. The molecular formula is C19H23NO2. The number of allylic oxidation sites excluding steroid dienone is 1. The minimum atomic E-state index is 0.0812. The van der Waals surface area contributed by atoms with Gasteiger partial charge in [0.1, 0.15) is 5.75 Å². The van der Waals surface area contributed by atoms with Crippen molar-refractivity contribution < 1.29 is 9.53 Å². The lowest BCUT2D eigenvalue weighted by Crippen LogP contribution is -2.23. The standard InChI is InChI=1S/C19H23NO2/c1-3-4-10-19(21)20-13-6-9-15-7-5-8-16-11-12-17(22-2)14-18(15)16/h3-5,7-8,11-12,14H,6,9-10,13H2,1-2H3,(H,20,21). The van der Waals surface area contributed by atoms with Crippen LogP contribution < -0.4 is 10.1 Å². The number of hydrogen-bond donors (Lipinski definition) is 1. The molecule has 0 atom stereocenters. The van der Waals surface area contributed by atoms with Gasteiger partial charge in [0.05, 0.1) is 7.11 Å². The average molecular weight is 297 g/mol. The molecule has 3 heteroatoms. The lowest BCUT2D eigenvalue weighted by atomic mass is 10.0. The molecule has 0 bridgehead atoms. The summed E-state index contributed by atoms with van der Waals surface area (Å²) in [6, 6.07) is 12.5. The van der Waals surface area contributed by atoms with Crippen molar-refractivity contribution in [1.29, 1.82) is 0 Å². The van der Waals surface area contributed by atoms with Gasteiger partial charge in [-0.25, -0.2) is 0 Å². The molecular weight excluding hydrogens is 274 g/mol. The maximum atomic E-state index is 11.5. The summed E-state index contributed by atoms with van der Waals surface area (Å²) in [4.78, 5) is 11.5. The molecule has 0 saturated carbocycles. The van der Waals surface area contributed by atoms with Crippen molar-refractivity contribution in [3.05, 3.63) is 54.1 Å². The number of nitrogens with one attached hydrogen (secondary N) is 1. The molecule has 116 valence electrons. The number of methoxy groups -OCH3 is 1. The predicted molar refractivity (Wildman–Crippen MR) is 91.3 cm³/mol. The van der Waals surface area contributed by atoms with Gasteiger partial charge in [0.2, 0.25) is 5.91 Å². The van der Waals surface area contributed by atoms with Crippen LogP contribution in [-0.2, 0) is 11.2 Å². The van der Waals surface area contributed by atoms with Crippen molar-refractivity contribution >= 4 is 16.7 Å². The lowest BCUT2D eigenvalue weighted by molar-refractivity contribution is -0.120. The monoisotopic (exact) mass is 297 g/mol. The molecule has 0 fully saturated rings. The SMILES string of the molecule is CC=CCC(=O)NCCCc1cccc2ccc(OC)cc12. The Bertz CT molecular complexity index is 662. The number of carbonyl (C=O) groups excluding carboxylic acids is 1. The Kier molecular flexibility index (Phi) is 6.01. The zero-order chi connectivity index (χ0) is 15.8. The molecule has 22 heavy (non-hydrogen) atoms. The predicted octanol–water partition coefficient (Wildman–Crippen LogP) is 3.86. The third kappa shape index (κ3) is 4.35. The molecule has 0 radical (unpaired) electrons. The molecule has 0 aliphatic rings. The van der Waals surface area contributed by atoms with Gasteiger partial charge < -0.3 is 10.1 Å². The number of carbonyl (C=O) groups is 1. The normalized spacial score (nSPS) is 11.0. The van der Waals surface area contributed by atoms with Crippen LogP contribution in [0.2, 0.25) is 0 Å². The Hall–Kier alpha value is -2.29. The van der Waals surface area contributed by atoms with Crippen molar-refractivity contribution in [2.75, 3.05) is 13.7 Å². The van der Waals surface area contributed by atoms with Crippen molar-refractivity contribution in [3.8, 4) is 5.75 Å². The molecule has 0 spiro atoms. The van der Waals surface area contributed by atoms with E-state index in [1.54, 1.807) is 7.11 Å². The van der Waals surface area contributed by atoms with Gasteiger partial charge >= 0.3 is 0 Å². The highest BCUT2D eigenvalue weighted by molar-refractivity contribution is 5.87. The maximum absolute atomic E-state index is 11.5. The highest BCUT2D eigenvalue weighted by Gasteiger charge is 2.03.